The van der Waals surface area contributed by atoms with Gasteiger partial charge in [0, 0.05) is 0 Å². The second kappa shape index (κ2) is 12.6. The van der Waals surface area contributed by atoms with Gasteiger partial charge in [0.05, 0.1) is 22.3 Å². The molecule has 0 saturated heterocycles. The lowest BCUT2D eigenvalue weighted by Crippen LogP contribution is -2.23. The zero-order valence-corrected chi connectivity index (χ0v) is 17.5. The fourth-order valence-electron chi connectivity index (χ4n) is 3.28. The van der Waals surface area contributed by atoms with Gasteiger partial charge >= 0.3 is 23.9 Å². The number of carbonyl (C=O) groups is 4. The molecule has 0 saturated carbocycles. The average Bonchev–Trinajstić information content (AvgIpc) is 2.69. The number of carboxylic acid groups (broad SMARTS) is 3. The smallest absolute Gasteiger partial charge is 0.339 e. The Bertz CT molecular complexity index is 769. The van der Waals surface area contributed by atoms with Crippen molar-refractivity contribution < 1.29 is 39.2 Å². The van der Waals surface area contributed by atoms with Crippen molar-refractivity contribution in [3.8, 4) is 0 Å². The summed E-state index contributed by atoms with van der Waals surface area (Å²) in [7, 11) is 0. The third-order valence-corrected chi connectivity index (χ3v) is 4.87. The third kappa shape index (κ3) is 7.17. The molecule has 1 unspecified atom stereocenters. The van der Waals surface area contributed by atoms with Gasteiger partial charge < -0.3 is 20.1 Å². The van der Waals surface area contributed by atoms with E-state index in [1.54, 1.807) is 0 Å². The molecule has 0 amide bonds. The summed E-state index contributed by atoms with van der Waals surface area (Å²) in [6.45, 7) is 4.12. The van der Waals surface area contributed by atoms with Gasteiger partial charge in [0.2, 0.25) is 0 Å². The Labute approximate surface area is 175 Å². The second-order valence-corrected chi connectivity index (χ2v) is 7.20. The highest BCUT2D eigenvalue weighted by Crippen LogP contribution is 2.23. The van der Waals surface area contributed by atoms with Crippen molar-refractivity contribution in [2.75, 3.05) is 0 Å². The number of carboxylic acids is 3. The fraction of sp³-hybridized carbons (Fsp3) is 0.545. The summed E-state index contributed by atoms with van der Waals surface area (Å²) in [5.74, 6) is -5.99. The van der Waals surface area contributed by atoms with Gasteiger partial charge in [-0.15, -0.1) is 0 Å². The molecule has 0 heterocycles. The first-order valence-corrected chi connectivity index (χ1v) is 10.3. The Morgan fingerprint density at radius 1 is 0.733 bits per heavy atom. The molecule has 1 aromatic rings. The first-order valence-electron chi connectivity index (χ1n) is 10.3. The van der Waals surface area contributed by atoms with Crippen molar-refractivity contribution in [2.45, 2.75) is 77.7 Å². The van der Waals surface area contributed by atoms with Crippen molar-refractivity contribution in [1.82, 2.24) is 0 Å². The Balaban J connectivity index is 3.13. The molecule has 166 valence electrons. The van der Waals surface area contributed by atoms with Crippen molar-refractivity contribution >= 4 is 23.9 Å². The predicted octanol–water partition coefficient (Wildman–Crippen LogP) is 4.86. The van der Waals surface area contributed by atoms with E-state index in [9.17, 15) is 34.5 Å². The van der Waals surface area contributed by atoms with Gasteiger partial charge in [-0.05, 0) is 31.4 Å². The van der Waals surface area contributed by atoms with E-state index in [0.29, 0.717) is 12.8 Å². The molecule has 1 aromatic carbocycles. The third-order valence-electron chi connectivity index (χ3n) is 4.87. The average molecular weight is 422 g/mol. The van der Waals surface area contributed by atoms with Crippen LogP contribution in [0.3, 0.4) is 0 Å². The topological polar surface area (TPSA) is 138 Å². The normalized spacial score (nSPS) is 11.7. The quantitative estimate of drug-likeness (QED) is 0.285. The van der Waals surface area contributed by atoms with Gasteiger partial charge in [0.25, 0.3) is 0 Å². The van der Waals surface area contributed by atoms with Crippen molar-refractivity contribution in [2.24, 2.45) is 0 Å². The van der Waals surface area contributed by atoms with Crippen LogP contribution in [0, 0.1) is 0 Å². The molecule has 0 aromatic heterocycles. The van der Waals surface area contributed by atoms with E-state index < -0.39 is 52.2 Å². The van der Waals surface area contributed by atoms with Crippen LogP contribution < -0.4 is 0 Å². The Morgan fingerprint density at radius 2 is 1.23 bits per heavy atom. The van der Waals surface area contributed by atoms with Crippen LogP contribution in [0.25, 0.3) is 0 Å². The van der Waals surface area contributed by atoms with Crippen LogP contribution in [-0.2, 0) is 4.74 Å². The maximum absolute atomic E-state index is 12.7. The zero-order chi connectivity index (χ0) is 22.7. The molecule has 3 N–H and O–H groups in total. The molecular formula is C22H30O8. The number of unbranched alkanes of at least 4 members (excludes halogenated alkanes) is 5. The number of ether oxygens (including phenoxy) is 1. The molecule has 0 aliphatic rings. The molecule has 1 rings (SSSR count). The maximum Gasteiger partial charge on any atom is 0.339 e. The van der Waals surface area contributed by atoms with Crippen LogP contribution in [0.4, 0.5) is 0 Å². The first-order chi connectivity index (χ1) is 14.2. The molecule has 0 aliphatic carbocycles. The van der Waals surface area contributed by atoms with Crippen molar-refractivity contribution in [3.63, 3.8) is 0 Å². The van der Waals surface area contributed by atoms with Crippen molar-refractivity contribution in [1.29, 1.82) is 0 Å². The number of aromatic carboxylic acids is 3. The van der Waals surface area contributed by atoms with E-state index in [1.165, 1.54) is 0 Å². The zero-order valence-electron chi connectivity index (χ0n) is 17.5. The Hall–Kier alpha value is -2.90. The standard InChI is InChI=1S/C22H30O8/c1-3-5-7-8-9-11-14(10-6-4-2)30-22(29)16-13-12-15(19(23)24)17(20(25)26)18(16)21(27)28/h12-14H,3-11H2,1-2H3,(H,23,24)(H,25,26)(H,27,28). The molecule has 0 aliphatic heterocycles. The van der Waals surface area contributed by atoms with Crippen LogP contribution in [0.15, 0.2) is 12.1 Å². The van der Waals surface area contributed by atoms with Gasteiger partial charge in [-0.3, -0.25) is 0 Å². The summed E-state index contributed by atoms with van der Waals surface area (Å²) in [6.07, 6.45) is 7.79. The van der Waals surface area contributed by atoms with Gasteiger partial charge in [-0.1, -0.05) is 52.4 Å². The van der Waals surface area contributed by atoms with Crippen LogP contribution in [0.5, 0.6) is 0 Å². The van der Waals surface area contributed by atoms with Crippen LogP contribution >= 0.6 is 0 Å². The van der Waals surface area contributed by atoms with E-state index in [4.69, 9.17) is 4.74 Å². The largest absolute Gasteiger partial charge is 0.478 e. The minimum absolute atomic E-state index is 0.409. The molecule has 0 radical (unpaired) electrons. The summed E-state index contributed by atoms with van der Waals surface area (Å²) in [4.78, 5) is 47.2. The van der Waals surface area contributed by atoms with Gasteiger partial charge in [-0.2, -0.15) is 0 Å². The summed E-state index contributed by atoms with van der Waals surface area (Å²) in [6, 6.07) is 1.92. The number of hydrogen-bond donors (Lipinski definition) is 3. The molecular weight excluding hydrogens is 392 g/mol. The molecule has 1 atom stereocenters. The van der Waals surface area contributed by atoms with E-state index >= 15 is 0 Å². The van der Waals surface area contributed by atoms with Crippen LogP contribution in [0.1, 0.15) is 113 Å². The summed E-state index contributed by atoms with van der Waals surface area (Å²) >= 11 is 0. The van der Waals surface area contributed by atoms with Gasteiger partial charge in [0.1, 0.15) is 6.10 Å². The molecule has 0 fully saturated rings. The molecule has 30 heavy (non-hydrogen) atoms. The highest BCUT2D eigenvalue weighted by Gasteiger charge is 2.30. The number of carbonyl (C=O) groups excluding carboxylic acids is 1. The number of hydrogen-bond acceptors (Lipinski definition) is 5. The highest BCUT2D eigenvalue weighted by atomic mass is 16.5. The van der Waals surface area contributed by atoms with Crippen molar-refractivity contribution in [3.05, 3.63) is 34.4 Å². The summed E-state index contributed by atoms with van der Waals surface area (Å²) in [5, 5.41) is 28.0. The lowest BCUT2D eigenvalue weighted by Gasteiger charge is -2.19. The highest BCUT2D eigenvalue weighted by molar-refractivity contribution is 6.14. The number of rotatable bonds is 14. The maximum atomic E-state index is 12.7. The minimum Gasteiger partial charge on any atom is -0.478 e. The van der Waals surface area contributed by atoms with Gasteiger partial charge in [0.15, 0.2) is 0 Å². The monoisotopic (exact) mass is 422 g/mol. The lowest BCUT2D eigenvalue weighted by molar-refractivity contribution is 0.0244. The number of benzene rings is 1. The molecule has 8 nitrogen and oxygen atoms in total. The van der Waals surface area contributed by atoms with E-state index in [-0.39, 0.29) is 0 Å². The minimum atomic E-state index is -1.74. The first kappa shape index (κ1) is 25.1. The molecule has 8 heteroatoms. The summed E-state index contributed by atoms with van der Waals surface area (Å²) < 4.78 is 5.53. The van der Waals surface area contributed by atoms with E-state index in [0.717, 1.165) is 57.1 Å². The molecule has 0 bridgehead atoms. The van der Waals surface area contributed by atoms with Gasteiger partial charge in [-0.25, -0.2) is 19.2 Å². The Morgan fingerprint density at radius 3 is 1.77 bits per heavy atom. The van der Waals surface area contributed by atoms with Crippen LogP contribution in [0.2, 0.25) is 0 Å². The van der Waals surface area contributed by atoms with E-state index in [1.807, 2.05) is 6.92 Å². The second-order valence-electron chi connectivity index (χ2n) is 7.20. The van der Waals surface area contributed by atoms with E-state index in [2.05, 4.69) is 6.92 Å². The number of esters is 1. The molecule has 0 spiro atoms. The summed E-state index contributed by atoms with van der Waals surface area (Å²) in [5.41, 5.74) is -2.97. The fourth-order valence-corrected chi connectivity index (χ4v) is 3.28. The lowest BCUT2D eigenvalue weighted by atomic mass is 9.95. The van der Waals surface area contributed by atoms with Crippen LogP contribution in [-0.4, -0.2) is 45.3 Å². The predicted molar refractivity (Wildman–Crippen MR) is 109 cm³/mol. The Kier molecular flexibility index (Phi) is 10.6. The SMILES string of the molecule is CCCCCCCC(CCCC)OC(=O)c1ccc(C(=O)O)c(C(=O)O)c1C(=O)O.